The lowest BCUT2D eigenvalue weighted by atomic mass is 10.0. The normalized spacial score (nSPS) is 11.5. The van der Waals surface area contributed by atoms with Crippen LogP contribution >= 0.6 is 0 Å². The number of nitrogens with two attached hydrogens (primary N) is 1. The average Bonchev–Trinajstić information content (AvgIpc) is 2.97. The van der Waals surface area contributed by atoms with E-state index in [1.807, 2.05) is 6.07 Å². The van der Waals surface area contributed by atoms with E-state index in [0.717, 1.165) is 6.42 Å². The van der Waals surface area contributed by atoms with Gasteiger partial charge in [-0.25, -0.2) is 4.68 Å². The molecule has 0 saturated heterocycles. The summed E-state index contributed by atoms with van der Waals surface area (Å²) in [6.45, 7) is 6.22. The van der Waals surface area contributed by atoms with E-state index in [-0.39, 0.29) is 5.54 Å². The van der Waals surface area contributed by atoms with Crippen molar-refractivity contribution in [2.45, 2.75) is 32.7 Å². The SMILES string of the molecule is CCC(C)(C)n1nnnc1-c1cc(OC)cc(OC)c1N. The van der Waals surface area contributed by atoms with Crippen LogP contribution in [0.5, 0.6) is 11.5 Å². The average molecular weight is 291 g/mol. The van der Waals surface area contributed by atoms with Crippen molar-refractivity contribution in [3.8, 4) is 22.9 Å². The molecule has 0 atom stereocenters. The Bertz CT molecular complexity index is 636. The molecule has 2 N–H and O–H groups in total. The molecule has 0 aliphatic rings. The van der Waals surface area contributed by atoms with Crippen molar-refractivity contribution in [2.24, 2.45) is 0 Å². The molecule has 0 aliphatic carbocycles. The monoisotopic (exact) mass is 291 g/mol. The highest BCUT2D eigenvalue weighted by Gasteiger charge is 2.26. The standard InChI is InChI=1S/C14H21N5O2/c1-6-14(2,3)19-13(16-17-18-19)10-7-9(20-4)8-11(21-5)12(10)15/h7-8H,6,15H2,1-5H3. The summed E-state index contributed by atoms with van der Waals surface area (Å²) in [5, 5.41) is 12.0. The Hall–Kier alpha value is -2.31. The summed E-state index contributed by atoms with van der Waals surface area (Å²) in [5.41, 5.74) is 7.13. The molecule has 0 spiro atoms. The van der Waals surface area contributed by atoms with Crippen molar-refractivity contribution in [3.63, 3.8) is 0 Å². The largest absolute Gasteiger partial charge is 0.497 e. The lowest BCUT2D eigenvalue weighted by molar-refractivity contribution is 0.304. The molecule has 0 aliphatic heterocycles. The second-order valence-corrected chi connectivity index (χ2v) is 5.37. The summed E-state index contributed by atoms with van der Waals surface area (Å²) >= 11 is 0. The molecule has 0 unspecified atom stereocenters. The molecule has 114 valence electrons. The van der Waals surface area contributed by atoms with Crippen LogP contribution in [0.2, 0.25) is 0 Å². The molecule has 0 radical (unpaired) electrons. The predicted molar refractivity (Wildman–Crippen MR) is 80.4 cm³/mol. The van der Waals surface area contributed by atoms with Crippen LogP contribution in [0.3, 0.4) is 0 Å². The second kappa shape index (κ2) is 5.59. The van der Waals surface area contributed by atoms with E-state index in [1.54, 1.807) is 25.0 Å². The molecule has 1 heterocycles. The Kier molecular flexibility index (Phi) is 4.02. The number of benzene rings is 1. The molecular weight excluding hydrogens is 270 g/mol. The van der Waals surface area contributed by atoms with Crippen molar-refractivity contribution in [2.75, 3.05) is 20.0 Å². The summed E-state index contributed by atoms with van der Waals surface area (Å²) in [4.78, 5) is 0. The number of methoxy groups -OCH3 is 2. The minimum Gasteiger partial charge on any atom is -0.497 e. The van der Waals surface area contributed by atoms with Gasteiger partial charge in [-0.3, -0.25) is 0 Å². The van der Waals surface area contributed by atoms with E-state index in [4.69, 9.17) is 15.2 Å². The van der Waals surface area contributed by atoms with E-state index in [9.17, 15) is 0 Å². The van der Waals surface area contributed by atoms with Crippen LogP contribution in [0, 0.1) is 0 Å². The number of nitrogen functional groups attached to an aromatic ring is 1. The smallest absolute Gasteiger partial charge is 0.184 e. The summed E-state index contributed by atoms with van der Waals surface area (Å²) < 4.78 is 12.4. The van der Waals surface area contributed by atoms with Crippen LogP contribution < -0.4 is 15.2 Å². The van der Waals surface area contributed by atoms with Crippen LogP contribution in [-0.4, -0.2) is 34.4 Å². The Morgan fingerprint density at radius 1 is 1.24 bits per heavy atom. The first-order valence-electron chi connectivity index (χ1n) is 6.75. The summed E-state index contributed by atoms with van der Waals surface area (Å²) in [6, 6.07) is 3.55. The van der Waals surface area contributed by atoms with Gasteiger partial charge in [-0.2, -0.15) is 0 Å². The van der Waals surface area contributed by atoms with Crippen LogP contribution in [0.15, 0.2) is 12.1 Å². The van der Waals surface area contributed by atoms with Gasteiger partial charge in [0, 0.05) is 6.07 Å². The molecule has 2 aromatic rings. The van der Waals surface area contributed by atoms with Crippen LogP contribution in [0.1, 0.15) is 27.2 Å². The third-order valence-electron chi connectivity index (χ3n) is 3.72. The molecule has 0 bridgehead atoms. The van der Waals surface area contributed by atoms with Gasteiger partial charge in [0.15, 0.2) is 5.82 Å². The number of aromatic nitrogens is 4. The molecule has 0 fully saturated rings. The van der Waals surface area contributed by atoms with Gasteiger partial charge < -0.3 is 15.2 Å². The van der Waals surface area contributed by atoms with E-state index >= 15 is 0 Å². The predicted octanol–water partition coefficient (Wildman–Crippen LogP) is 2.08. The fraction of sp³-hybridized carbons (Fsp3) is 0.500. The summed E-state index contributed by atoms with van der Waals surface area (Å²) in [6.07, 6.45) is 0.881. The van der Waals surface area contributed by atoms with Crippen molar-refractivity contribution in [1.82, 2.24) is 20.2 Å². The fourth-order valence-corrected chi connectivity index (χ4v) is 1.99. The quantitative estimate of drug-likeness (QED) is 0.849. The number of hydrogen-bond acceptors (Lipinski definition) is 6. The Morgan fingerprint density at radius 2 is 1.95 bits per heavy atom. The van der Waals surface area contributed by atoms with Crippen LogP contribution in [-0.2, 0) is 5.54 Å². The minimum absolute atomic E-state index is 0.221. The summed E-state index contributed by atoms with van der Waals surface area (Å²) in [5.74, 6) is 1.77. The third-order valence-corrected chi connectivity index (χ3v) is 3.72. The maximum absolute atomic E-state index is 6.17. The van der Waals surface area contributed by atoms with Crippen molar-refractivity contribution >= 4 is 5.69 Å². The van der Waals surface area contributed by atoms with Crippen LogP contribution in [0.25, 0.3) is 11.4 Å². The lowest BCUT2D eigenvalue weighted by Gasteiger charge is -2.24. The Labute approximate surface area is 124 Å². The molecule has 1 aromatic heterocycles. The highest BCUT2D eigenvalue weighted by atomic mass is 16.5. The van der Waals surface area contributed by atoms with Gasteiger partial charge in [0.1, 0.15) is 11.5 Å². The Balaban J connectivity index is 2.65. The van der Waals surface area contributed by atoms with Gasteiger partial charge in [-0.05, 0) is 36.8 Å². The first-order chi connectivity index (χ1) is 9.94. The molecule has 7 heteroatoms. The number of ether oxygens (including phenoxy) is 2. The third kappa shape index (κ3) is 2.63. The summed E-state index contributed by atoms with van der Waals surface area (Å²) in [7, 11) is 3.15. The molecule has 21 heavy (non-hydrogen) atoms. The number of nitrogens with zero attached hydrogens (tertiary/aromatic N) is 4. The molecule has 7 nitrogen and oxygen atoms in total. The highest BCUT2D eigenvalue weighted by Crippen LogP contribution is 2.37. The molecular formula is C14H21N5O2. The van der Waals surface area contributed by atoms with E-state index in [2.05, 4.69) is 36.3 Å². The molecule has 0 amide bonds. The minimum atomic E-state index is -0.221. The lowest BCUT2D eigenvalue weighted by Crippen LogP contribution is -2.27. The first kappa shape index (κ1) is 15.1. The Morgan fingerprint density at radius 3 is 2.52 bits per heavy atom. The maximum Gasteiger partial charge on any atom is 0.184 e. The van der Waals surface area contributed by atoms with E-state index < -0.39 is 0 Å². The zero-order valence-corrected chi connectivity index (χ0v) is 13.0. The van der Waals surface area contributed by atoms with E-state index in [0.29, 0.717) is 28.6 Å². The topological polar surface area (TPSA) is 88.1 Å². The van der Waals surface area contributed by atoms with Gasteiger partial charge in [-0.1, -0.05) is 6.92 Å². The molecule has 2 rings (SSSR count). The van der Waals surface area contributed by atoms with Crippen molar-refractivity contribution in [3.05, 3.63) is 12.1 Å². The zero-order chi connectivity index (χ0) is 15.6. The van der Waals surface area contributed by atoms with Gasteiger partial charge in [0.2, 0.25) is 0 Å². The van der Waals surface area contributed by atoms with Gasteiger partial charge >= 0.3 is 0 Å². The highest BCUT2D eigenvalue weighted by molar-refractivity contribution is 5.78. The number of hydrogen-bond donors (Lipinski definition) is 1. The zero-order valence-electron chi connectivity index (χ0n) is 13.0. The second-order valence-electron chi connectivity index (χ2n) is 5.37. The van der Waals surface area contributed by atoms with Crippen molar-refractivity contribution in [1.29, 1.82) is 0 Å². The van der Waals surface area contributed by atoms with Gasteiger partial charge in [-0.15, -0.1) is 5.10 Å². The first-order valence-corrected chi connectivity index (χ1v) is 6.75. The van der Waals surface area contributed by atoms with E-state index in [1.165, 1.54) is 0 Å². The number of rotatable bonds is 5. The fourth-order valence-electron chi connectivity index (χ4n) is 1.99. The maximum atomic E-state index is 6.17. The number of anilines is 1. The van der Waals surface area contributed by atoms with Crippen LogP contribution in [0.4, 0.5) is 5.69 Å². The number of tetrazole rings is 1. The molecule has 0 saturated carbocycles. The van der Waals surface area contributed by atoms with Crippen molar-refractivity contribution < 1.29 is 9.47 Å². The molecule has 1 aromatic carbocycles. The van der Waals surface area contributed by atoms with Gasteiger partial charge in [0.05, 0.1) is 31.0 Å². The van der Waals surface area contributed by atoms with Gasteiger partial charge in [0.25, 0.3) is 0 Å².